The Morgan fingerprint density at radius 2 is 2.22 bits per heavy atom. The lowest BCUT2D eigenvalue weighted by atomic mass is 9.76. The molecular formula is C18H24N2O3. The number of amides is 1. The first kappa shape index (κ1) is 17.2. The molecule has 5 nitrogen and oxygen atoms in total. The van der Waals surface area contributed by atoms with Crippen LogP contribution in [0.15, 0.2) is 36.2 Å². The van der Waals surface area contributed by atoms with Crippen LogP contribution in [0.4, 0.5) is 0 Å². The molecule has 1 aliphatic heterocycles. The fourth-order valence-corrected chi connectivity index (χ4v) is 2.96. The minimum atomic E-state index is -0.861. The molecule has 1 aliphatic rings. The van der Waals surface area contributed by atoms with Crippen LogP contribution in [0.2, 0.25) is 0 Å². The Labute approximate surface area is 137 Å². The summed E-state index contributed by atoms with van der Waals surface area (Å²) in [6.07, 6.45) is 7.39. The van der Waals surface area contributed by atoms with Crippen LogP contribution in [-0.2, 0) is 16.0 Å². The number of piperidine rings is 1. The first-order valence-electron chi connectivity index (χ1n) is 7.96. The molecular weight excluding hydrogens is 292 g/mol. The highest BCUT2D eigenvalue weighted by Crippen LogP contribution is 2.35. The highest BCUT2D eigenvalue weighted by molar-refractivity contribution is 5.81. The average Bonchev–Trinajstić information content (AvgIpc) is 2.54. The van der Waals surface area contributed by atoms with Crippen molar-refractivity contribution in [3.05, 3.63) is 41.7 Å². The molecule has 1 fully saturated rings. The van der Waals surface area contributed by atoms with E-state index in [0.717, 1.165) is 17.6 Å². The van der Waals surface area contributed by atoms with Gasteiger partial charge in [0.25, 0.3) is 0 Å². The van der Waals surface area contributed by atoms with Gasteiger partial charge in [0.05, 0.1) is 11.8 Å². The van der Waals surface area contributed by atoms with Gasteiger partial charge in [-0.25, -0.2) is 0 Å². The molecule has 1 amide bonds. The van der Waals surface area contributed by atoms with Crippen molar-refractivity contribution in [1.29, 1.82) is 0 Å². The van der Waals surface area contributed by atoms with Crippen LogP contribution < -0.4 is 0 Å². The van der Waals surface area contributed by atoms with E-state index in [1.165, 1.54) is 0 Å². The van der Waals surface area contributed by atoms with Gasteiger partial charge in [-0.2, -0.15) is 0 Å². The average molecular weight is 316 g/mol. The third-order valence-corrected chi connectivity index (χ3v) is 4.36. The minimum Gasteiger partial charge on any atom is -0.481 e. The summed E-state index contributed by atoms with van der Waals surface area (Å²) >= 11 is 0. The number of pyridine rings is 1. The number of nitrogens with zero attached hydrogens (tertiary/aromatic N) is 2. The van der Waals surface area contributed by atoms with Crippen molar-refractivity contribution >= 4 is 11.9 Å². The number of allylic oxidation sites excluding steroid dienone is 2. The van der Waals surface area contributed by atoms with Gasteiger partial charge < -0.3 is 10.0 Å². The molecule has 1 aromatic rings. The molecule has 2 heterocycles. The summed E-state index contributed by atoms with van der Waals surface area (Å²) in [5.41, 5.74) is 1.10. The maximum absolute atomic E-state index is 12.5. The van der Waals surface area contributed by atoms with Gasteiger partial charge in [0.1, 0.15) is 0 Å². The topological polar surface area (TPSA) is 70.5 Å². The number of carbonyl (C=O) groups excluding carboxylic acids is 1. The van der Waals surface area contributed by atoms with Crippen LogP contribution in [0.3, 0.4) is 0 Å². The summed E-state index contributed by atoms with van der Waals surface area (Å²) in [5, 5.41) is 9.71. The normalized spacial score (nSPS) is 20.9. The van der Waals surface area contributed by atoms with Gasteiger partial charge in [0.15, 0.2) is 0 Å². The number of carboxylic acid groups (broad SMARTS) is 1. The zero-order chi connectivity index (χ0) is 16.9. The lowest BCUT2D eigenvalue weighted by Gasteiger charge is -2.39. The van der Waals surface area contributed by atoms with E-state index < -0.39 is 11.4 Å². The molecule has 23 heavy (non-hydrogen) atoms. The van der Waals surface area contributed by atoms with Crippen molar-refractivity contribution in [2.24, 2.45) is 5.41 Å². The third kappa shape index (κ3) is 4.41. The molecule has 1 unspecified atom stereocenters. The summed E-state index contributed by atoms with van der Waals surface area (Å²) in [6.45, 7) is 4.83. The molecule has 1 aromatic heterocycles. The van der Waals surface area contributed by atoms with E-state index in [4.69, 9.17) is 0 Å². The second kappa shape index (κ2) is 7.40. The van der Waals surface area contributed by atoms with Gasteiger partial charge in [-0.05, 0) is 44.7 Å². The molecule has 2 rings (SSSR count). The molecule has 0 aliphatic carbocycles. The molecule has 124 valence electrons. The third-order valence-electron chi connectivity index (χ3n) is 4.36. The second-order valence-corrected chi connectivity index (χ2v) is 6.53. The highest BCUT2D eigenvalue weighted by atomic mass is 16.4. The number of likely N-dealkylation sites (tertiary alicyclic amines) is 1. The van der Waals surface area contributed by atoms with Crippen molar-refractivity contribution in [1.82, 2.24) is 9.88 Å². The van der Waals surface area contributed by atoms with Crippen LogP contribution >= 0.6 is 0 Å². The molecule has 1 N–H and O–H groups in total. The molecule has 0 aromatic carbocycles. The van der Waals surface area contributed by atoms with Gasteiger partial charge in [-0.1, -0.05) is 17.7 Å². The summed E-state index contributed by atoms with van der Waals surface area (Å²) in [4.78, 5) is 30.1. The standard InChI is InChI=1S/C18H24N2O3/c1-14(2)6-8-18(17(22)23)7-4-10-20(13-18)16(21)11-15-5-3-9-19-12-15/h3,5-6,9,12H,4,7-8,10-11,13H2,1-2H3,(H,22,23). The fourth-order valence-electron chi connectivity index (χ4n) is 2.96. The summed E-state index contributed by atoms with van der Waals surface area (Å²) in [5.74, 6) is -0.839. The minimum absolute atomic E-state index is 0.0273. The largest absolute Gasteiger partial charge is 0.481 e. The van der Waals surface area contributed by atoms with Gasteiger partial charge in [-0.15, -0.1) is 0 Å². The van der Waals surface area contributed by atoms with Crippen LogP contribution in [0, 0.1) is 5.41 Å². The zero-order valence-electron chi connectivity index (χ0n) is 13.8. The van der Waals surface area contributed by atoms with E-state index in [-0.39, 0.29) is 18.9 Å². The Morgan fingerprint density at radius 3 is 2.83 bits per heavy atom. The summed E-state index contributed by atoms with van der Waals surface area (Å²) in [7, 11) is 0. The van der Waals surface area contributed by atoms with E-state index in [2.05, 4.69) is 4.98 Å². The molecule has 0 bridgehead atoms. The highest BCUT2D eigenvalue weighted by Gasteiger charge is 2.42. The number of hydrogen-bond acceptors (Lipinski definition) is 3. The molecule has 1 atom stereocenters. The number of hydrogen-bond donors (Lipinski definition) is 1. The number of aromatic nitrogens is 1. The van der Waals surface area contributed by atoms with E-state index >= 15 is 0 Å². The van der Waals surface area contributed by atoms with Crippen LogP contribution in [0.5, 0.6) is 0 Å². The lowest BCUT2D eigenvalue weighted by Crippen LogP contribution is -2.50. The number of carboxylic acids is 1. The van der Waals surface area contributed by atoms with E-state index in [1.807, 2.05) is 26.0 Å². The second-order valence-electron chi connectivity index (χ2n) is 6.53. The molecule has 5 heteroatoms. The summed E-state index contributed by atoms with van der Waals surface area (Å²) in [6, 6.07) is 3.66. The maximum atomic E-state index is 12.5. The molecule has 1 saturated heterocycles. The number of carbonyl (C=O) groups is 2. The zero-order valence-corrected chi connectivity index (χ0v) is 13.8. The Bertz CT molecular complexity index is 594. The van der Waals surface area contributed by atoms with E-state index in [9.17, 15) is 14.7 Å². The Morgan fingerprint density at radius 1 is 1.43 bits per heavy atom. The van der Waals surface area contributed by atoms with Gasteiger partial charge in [-0.3, -0.25) is 14.6 Å². The Balaban J connectivity index is 2.10. The van der Waals surface area contributed by atoms with Crippen molar-refractivity contribution in [3.63, 3.8) is 0 Å². The quantitative estimate of drug-likeness (QED) is 0.848. The molecule has 0 spiro atoms. The first-order chi connectivity index (χ1) is 10.9. The Kier molecular flexibility index (Phi) is 5.53. The lowest BCUT2D eigenvalue weighted by molar-refractivity contribution is -0.154. The van der Waals surface area contributed by atoms with Crippen LogP contribution in [-0.4, -0.2) is 40.0 Å². The van der Waals surface area contributed by atoms with Crippen LogP contribution in [0.1, 0.15) is 38.7 Å². The predicted molar refractivity (Wildman–Crippen MR) is 87.9 cm³/mol. The monoisotopic (exact) mass is 316 g/mol. The van der Waals surface area contributed by atoms with E-state index in [0.29, 0.717) is 19.4 Å². The first-order valence-corrected chi connectivity index (χ1v) is 7.96. The van der Waals surface area contributed by atoms with Crippen molar-refractivity contribution < 1.29 is 14.7 Å². The number of rotatable bonds is 5. The van der Waals surface area contributed by atoms with Gasteiger partial charge in [0.2, 0.25) is 5.91 Å². The van der Waals surface area contributed by atoms with Crippen molar-refractivity contribution in [3.8, 4) is 0 Å². The molecule has 0 radical (unpaired) electrons. The van der Waals surface area contributed by atoms with Gasteiger partial charge >= 0.3 is 5.97 Å². The van der Waals surface area contributed by atoms with Crippen molar-refractivity contribution in [2.45, 2.75) is 39.5 Å². The smallest absolute Gasteiger partial charge is 0.311 e. The van der Waals surface area contributed by atoms with Crippen molar-refractivity contribution in [2.75, 3.05) is 13.1 Å². The van der Waals surface area contributed by atoms with Gasteiger partial charge in [0, 0.05) is 25.5 Å². The maximum Gasteiger partial charge on any atom is 0.311 e. The predicted octanol–water partition coefficient (Wildman–Crippen LogP) is 2.67. The molecule has 0 saturated carbocycles. The number of aliphatic carboxylic acids is 1. The Hall–Kier alpha value is -2.17. The van der Waals surface area contributed by atoms with Crippen LogP contribution in [0.25, 0.3) is 0 Å². The van der Waals surface area contributed by atoms with E-state index in [1.54, 1.807) is 23.4 Å². The SMILES string of the molecule is CC(C)=CCC1(C(=O)O)CCCN(C(=O)Cc2cccnc2)C1. The summed E-state index contributed by atoms with van der Waals surface area (Å²) < 4.78 is 0. The fraction of sp³-hybridized carbons (Fsp3) is 0.500.